The summed E-state index contributed by atoms with van der Waals surface area (Å²) >= 11 is 0. The van der Waals surface area contributed by atoms with Crippen LogP contribution in [0.3, 0.4) is 0 Å². The van der Waals surface area contributed by atoms with Crippen molar-refractivity contribution >= 4 is 6.16 Å². The van der Waals surface area contributed by atoms with Gasteiger partial charge in [-0.1, -0.05) is 36.4 Å². The molecule has 0 fully saturated rings. The Balaban J connectivity index is 1.95. The van der Waals surface area contributed by atoms with Gasteiger partial charge >= 0.3 is 6.16 Å². The smallest absolute Gasteiger partial charge is 0.456 e. The van der Waals surface area contributed by atoms with E-state index in [-0.39, 0.29) is 0 Å². The van der Waals surface area contributed by atoms with Crippen molar-refractivity contribution in [3.05, 3.63) is 59.7 Å². The first-order valence-corrected chi connectivity index (χ1v) is 7.19. The van der Waals surface area contributed by atoms with Gasteiger partial charge in [0.05, 0.1) is 0 Å². The van der Waals surface area contributed by atoms with E-state index < -0.39 is 17.9 Å². The van der Waals surface area contributed by atoms with Gasteiger partial charge in [-0.3, -0.25) is 0 Å². The molecule has 0 N–H and O–H groups in total. The highest BCUT2D eigenvalue weighted by Crippen LogP contribution is 2.44. The Kier molecular flexibility index (Phi) is 3.53. The van der Waals surface area contributed by atoms with Gasteiger partial charge in [0.15, 0.2) is 6.10 Å². The third-order valence-electron chi connectivity index (χ3n) is 3.23. The molecule has 114 valence electrons. The predicted molar refractivity (Wildman–Crippen MR) is 82.1 cm³/mol. The molecular formula is C18H18O4. The van der Waals surface area contributed by atoms with E-state index in [0.29, 0.717) is 11.5 Å². The van der Waals surface area contributed by atoms with Crippen molar-refractivity contribution in [1.29, 1.82) is 0 Å². The van der Waals surface area contributed by atoms with E-state index in [1.54, 1.807) is 20.8 Å². The van der Waals surface area contributed by atoms with Gasteiger partial charge in [-0.25, -0.2) is 4.79 Å². The number of carbonyl (C=O) groups is 1. The highest BCUT2D eigenvalue weighted by Gasteiger charge is 2.31. The molecule has 0 atom stereocenters. The minimum Gasteiger partial charge on any atom is -0.456 e. The maximum atomic E-state index is 12.1. The van der Waals surface area contributed by atoms with Crippen LogP contribution >= 0.6 is 0 Å². The summed E-state index contributed by atoms with van der Waals surface area (Å²) in [5.41, 5.74) is 1.03. The number of para-hydroxylation sites is 2. The summed E-state index contributed by atoms with van der Waals surface area (Å²) in [5.74, 6) is 1.38. The second-order valence-electron chi connectivity index (χ2n) is 6.14. The van der Waals surface area contributed by atoms with Gasteiger partial charge < -0.3 is 14.2 Å². The lowest BCUT2D eigenvalue weighted by molar-refractivity contribution is -0.0213. The molecule has 0 aromatic heterocycles. The molecule has 0 amide bonds. The molecule has 1 aliphatic rings. The largest absolute Gasteiger partial charge is 0.509 e. The maximum absolute atomic E-state index is 12.1. The monoisotopic (exact) mass is 298 g/mol. The van der Waals surface area contributed by atoms with E-state index in [2.05, 4.69) is 0 Å². The van der Waals surface area contributed by atoms with Crippen LogP contribution in [0.2, 0.25) is 0 Å². The van der Waals surface area contributed by atoms with Crippen LogP contribution in [0.4, 0.5) is 4.79 Å². The zero-order chi connectivity index (χ0) is 15.7. The van der Waals surface area contributed by atoms with Crippen molar-refractivity contribution < 1.29 is 19.0 Å². The quantitative estimate of drug-likeness (QED) is 0.707. The first-order valence-electron chi connectivity index (χ1n) is 7.19. The van der Waals surface area contributed by atoms with E-state index in [0.717, 1.165) is 11.1 Å². The fourth-order valence-corrected chi connectivity index (χ4v) is 2.36. The lowest BCUT2D eigenvalue weighted by Crippen LogP contribution is -2.26. The van der Waals surface area contributed by atoms with Gasteiger partial charge in [0.1, 0.15) is 17.1 Å². The van der Waals surface area contributed by atoms with E-state index >= 15 is 0 Å². The van der Waals surface area contributed by atoms with Crippen molar-refractivity contribution in [2.75, 3.05) is 0 Å². The zero-order valence-electron chi connectivity index (χ0n) is 12.8. The maximum Gasteiger partial charge on any atom is 0.509 e. The molecule has 0 bridgehead atoms. The molecule has 0 spiro atoms. The normalized spacial score (nSPS) is 13.6. The van der Waals surface area contributed by atoms with E-state index in [1.807, 2.05) is 48.5 Å². The fourth-order valence-electron chi connectivity index (χ4n) is 2.36. The molecular weight excluding hydrogens is 280 g/mol. The number of carbonyl (C=O) groups excluding carboxylic acids is 1. The molecule has 0 aliphatic carbocycles. The summed E-state index contributed by atoms with van der Waals surface area (Å²) in [5, 5.41) is 0. The molecule has 0 radical (unpaired) electrons. The van der Waals surface area contributed by atoms with Gasteiger partial charge in [-0.05, 0) is 32.9 Å². The van der Waals surface area contributed by atoms with Crippen LogP contribution < -0.4 is 4.74 Å². The van der Waals surface area contributed by atoms with E-state index in [4.69, 9.17) is 14.2 Å². The molecule has 0 saturated heterocycles. The standard InChI is InChI=1S/C18H18O4/c1-18(2,3)22-17(19)21-16-12-8-4-6-10-14(12)20-15-11-7-5-9-13(15)16/h4-11,16H,1-3H3. The van der Waals surface area contributed by atoms with Crippen LogP contribution in [0.15, 0.2) is 48.5 Å². The summed E-state index contributed by atoms with van der Waals surface area (Å²) in [6.07, 6.45) is -1.22. The van der Waals surface area contributed by atoms with Crippen LogP contribution in [0.1, 0.15) is 38.0 Å². The summed E-state index contributed by atoms with van der Waals surface area (Å²) in [6, 6.07) is 15.0. The summed E-state index contributed by atoms with van der Waals surface area (Å²) in [4.78, 5) is 12.1. The number of hydrogen-bond donors (Lipinski definition) is 0. The van der Waals surface area contributed by atoms with Crippen LogP contribution in [-0.2, 0) is 9.47 Å². The Morgan fingerprint density at radius 3 is 1.95 bits per heavy atom. The van der Waals surface area contributed by atoms with Crippen LogP contribution in [0.5, 0.6) is 11.5 Å². The number of benzene rings is 2. The summed E-state index contributed by atoms with van der Waals surface area (Å²) < 4.78 is 16.7. The molecule has 1 heterocycles. The third-order valence-corrected chi connectivity index (χ3v) is 3.23. The second-order valence-corrected chi connectivity index (χ2v) is 6.14. The van der Waals surface area contributed by atoms with Gasteiger partial charge in [0.25, 0.3) is 0 Å². The molecule has 4 nitrogen and oxygen atoms in total. The van der Waals surface area contributed by atoms with Crippen molar-refractivity contribution in [1.82, 2.24) is 0 Å². The van der Waals surface area contributed by atoms with Crippen molar-refractivity contribution in [2.24, 2.45) is 0 Å². The highest BCUT2D eigenvalue weighted by atomic mass is 16.7. The molecule has 0 unspecified atom stereocenters. The van der Waals surface area contributed by atoms with Gasteiger partial charge in [0, 0.05) is 11.1 Å². The third kappa shape index (κ3) is 2.91. The minimum atomic E-state index is -0.691. The van der Waals surface area contributed by atoms with Crippen molar-refractivity contribution in [3.63, 3.8) is 0 Å². The van der Waals surface area contributed by atoms with Gasteiger partial charge in [-0.15, -0.1) is 0 Å². The number of hydrogen-bond acceptors (Lipinski definition) is 4. The molecule has 22 heavy (non-hydrogen) atoms. The Labute approximate surface area is 129 Å². The topological polar surface area (TPSA) is 44.8 Å². The summed E-state index contributed by atoms with van der Waals surface area (Å²) in [7, 11) is 0. The molecule has 3 rings (SSSR count). The van der Waals surface area contributed by atoms with Crippen LogP contribution in [0.25, 0.3) is 0 Å². The van der Waals surface area contributed by atoms with Crippen LogP contribution in [-0.4, -0.2) is 11.8 Å². The molecule has 0 saturated carbocycles. The predicted octanol–water partition coefficient (Wildman–Crippen LogP) is 4.83. The first kappa shape index (κ1) is 14.4. The average Bonchev–Trinajstić information content (AvgIpc) is 2.45. The highest BCUT2D eigenvalue weighted by molar-refractivity contribution is 5.63. The lowest BCUT2D eigenvalue weighted by atomic mass is 9.97. The minimum absolute atomic E-state index is 0.531. The second kappa shape index (κ2) is 5.37. The average molecular weight is 298 g/mol. The zero-order valence-corrected chi connectivity index (χ0v) is 12.8. The number of ether oxygens (including phenoxy) is 3. The molecule has 2 aromatic rings. The molecule has 4 heteroatoms. The number of rotatable bonds is 1. The molecule has 2 aromatic carbocycles. The molecule has 1 aliphatic heterocycles. The first-order chi connectivity index (χ1) is 10.4. The Bertz CT molecular complexity index is 655. The fraction of sp³-hybridized carbons (Fsp3) is 0.278. The van der Waals surface area contributed by atoms with E-state index in [1.165, 1.54) is 0 Å². The Morgan fingerprint density at radius 2 is 1.45 bits per heavy atom. The van der Waals surface area contributed by atoms with E-state index in [9.17, 15) is 4.79 Å². The van der Waals surface area contributed by atoms with Gasteiger partial charge in [0.2, 0.25) is 0 Å². The number of fused-ring (bicyclic) bond motifs is 2. The SMILES string of the molecule is CC(C)(C)OC(=O)OC1c2ccccc2Oc2ccccc21. The Hall–Kier alpha value is -2.49. The lowest BCUT2D eigenvalue weighted by Gasteiger charge is -2.28. The Morgan fingerprint density at radius 1 is 0.955 bits per heavy atom. The van der Waals surface area contributed by atoms with Crippen molar-refractivity contribution in [2.45, 2.75) is 32.5 Å². The van der Waals surface area contributed by atoms with Crippen molar-refractivity contribution in [3.8, 4) is 11.5 Å². The van der Waals surface area contributed by atoms with Crippen LogP contribution in [0, 0.1) is 0 Å². The summed E-state index contributed by atoms with van der Waals surface area (Å²) in [6.45, 7) is 5.42. The van der Waals surface area contributed by atoms with Gasteiger partial charge in [-0.2, -0.15) is 0 Å².